The number of rotatable bonds is 5. The number of methoxy groups -OCH3 is 3. The molecular weight excluding hydrogens is 408 g/mol. The molecule has 2 atom stereocenters. The van der Waals surface area contributed by atoms with Gasteiger partial charge in [-0.05, 0) is 30.3 Å². The Kier molecular flexibility index (Phi) is 5.01. The molecule has 7 heteroatoms. The van der Waals surface area contributed by atoms with Crippen LogP contribution in [0.15, 0.2) is 65.8 Å². The normalized spacial score (nSPS) is 18.8. The molecule has 0 saturated carbocycles. The molecule has 2 aliphatic rings. The van der Waals surface area contributed by atoms with Gasteiger partial charge in [-0.15, -0.1) is 0 Å². The second-order valence-electron chi connectivity index (χ2n) is 7.62. The molecule has 0 spiro atoms. The fraction of sp³-hybridized carbons (Fsp3) is 0.240. The lowest BCUT2D eigenvalue weighted by Gasteiger charge is -2.39. The minimum atomic E-state index is -0.548. The smallest absolute Gasteiger partial charge is 0.217 e. The summed E-state index contributed by atoms with van der Waals surface area (Å²) in [6.07, 6.45) is 0.0730. The van der Waals surface area contributed by atoms with Crippen molar-refractivity contribution >= 4 is 5.71 Å². The van der Waals surface area contributed by atoms with Gasteiger partial charge in [-0.1, -0.05) is 24.3 Å². The summed E-state index contributed by atoms with van der Waals surface area (Å²) in [7, 11) is 4.87. The van der Waals surface area contributed by atoms with Crippen molar-refractivity contribution < 1.29 is 24.1 Å². The third-order valence-corrected chi connectivity index (χ3v) is 5.92. The Bertz CT molecular complexity index is 1190. The highest BCUT2D eigenvalue weighted by atomic mass is 16.5. The van der Waals surface area contributed by atoms with Crippen LogP contribution in [0.2, 0.25) is 0 Å². The first-order valence-electron chi connectivity index (χ1n) is 10.3. The van der Waals surface area contributed by atoms with Gasteiger partial charge >= 0.3 is 0 Å². The lowest BCUT2D eigenvalue weighted by atomic mass is 9.95. The molecule has 0 fully saturated rings. The Labute approximate surface area is 186 Å². The molecule has 2 unspecified atom stereocenters. The summed E-state index contributed by atoms with van der Waals surface area (Å²) < 4.78 is 23.1. The van der Waals surface area contributed by atoms with Gasteiger partial charge in [-0.2, -0.15) is 5.10 Å². The fourth-order valence-corrected chi connectivity index (χ4v) is 4.35. The van der Waals surface area contributed by atoms with E-state index in [1.54, 1.807) is 33.5 Å². The van der Waals surface area contributed by atoms with Gasteiger partial charge in [0.1, 0.15) is 17.2 Å². The molecule has 2 aliphatic heterocycles. The van der Waals surface area contributed by atoms with E-state index in [1.165, 1.54) is 0 Å². The lowest BCUT2D eigenvalue weighted by molar-refractivity contribution is -0.0222. The van der Waals surface area contributed by atoms with Gasteiger partial charge in [0, 0.05) is 23.6 Å². The highest BCUT2D eigenvalue weighted by Crippen LogP contribution is 2.52. The van der Waals surface area contributed by atoms with Crippen LogP contribution in [-0.2, 0) is 0 Å². The topological polar surface area (TPSA) is 72.8 Å². The Morgan fingerprint density at radius 1 is 0.906 bits per heavy atom. The second kappa shape index (κ2) is 8.00. The van der Waals surface area contributed by atoms with Gasteiger partial charge in [0.15, 0.2) is 11.5 Å². The number of aromatic hydroxyl groups is 1. The Morgan fingerprint density at radius 2 is 1.72 bits per heavy atom. The van der Waals surface area contributed by atoms with E-state index >= 15 is 0 Å². The first-order chi connectivity index (χ1) is 15.6. The van der Waals surface area contributed by atoms with E-state index in [1.807, 2.05) is 53.5 Å². The van der Waals surface area contributed by atoms with Crippen molar-refractivity contribution in [3.8, 4) is 28.7 Å². The molecule has 2 heterocycles. The van der Waals surface area contributed by atoms with Crippen LogP contribution in [0, 0.1) is 0 Å². The minimum absolute atomic E-state index is 0.0831. The molecule has 0 radical (unpaired) electrons. The maximum Gasteiger partial charge on any atom is 0.217 e. The number of para-hydroxylation sites is 2. The number of phenolic OH excluding ortho intramolecular Hbond substituents is 1. The standard InChI is InChI=1S/C25H24N2O5/c1-29-15-11-12-18(23(13-15)31-3)25-27-20(17-8-6-10-22(30-2)24(17)32-25)14-19(26-27)16-7-4-5-9-21(16)28/h4-13,20,25,28H,14H2,1-3H3. The van der Waals surface area contributed by atoms with Crippen molar-refractivity contribution in [2.45, 2.75) is 18.7 Å². The molecule has 7 nitrogen and oxygen atoms in total. The first kappa shape index (κ1) is 20.1. The Hall–Kier alpha value is -3.87. The van der Waals surface area contributed by atoms with E-state index in [4.69, 9.17) is 24.0 Å². The predicted molar refractivity (Wildman–Crippen MR) is 120 cm³/mol. The van der Waals surface area contributed by atoms with Gasteiger partial charge in [-0.25, -0.2) is 5.01 Å². The van der Waals surface area contributed by atoms with Gasteiger partial charge in [0.05, 0.1) is 38.6 Å². The number of hydrogen-bond acceptors (Lipinski definition) is 7. The summed E-state index contributed by atoms with van der Waals surface area (Å²) in [4.78, 5) is 0. The molecule has 5 rings (SSSR count). The number of benzene rings is 3. The average Bonchev–Trinajstić information content (AvgIpc) is 3.28. The highest BCUT2D eigenvalue weighted by Gasteiger charge is 2.43. The van der Waals surface area contributed by atoms with Crippen LogP contribution < -0.4 is 18.9 Å². The molecule has 3 aromatic rings. The van der Waals surface area contributed by atoms with Gasteiger partial charge in [0.2, 0.25) is 6.23 Å². The number of nitrogens with zero attached hydrogens (tertiary/aromatic N) is 2. The highest BCUT2D eigenvalue weighted by molar-refractivity contribution is 6.04. The molecule has 0 saturated heterocycles. The summed E-state index contributed by atoms with van der Waals surface area (Å²) in [6.45, 7) is 0. The van der Waals surface area contributed by atoms with Gasteiger partial charge in [-0.3, -0.25) is 0 Å². The van der Waals surface area contributed by atoms with Gasteiger partial charge in [0.25, 0.3) is 0 Å². The molecule has 0 bridgehead atoms. The van der Waals surface area contributed by atoms with E-state index in [0.717, 1.165) is 16.8 Å². The monoisotopic (exact) mass is 432 g/mol. The number of phenols is 1. The summed E-state index contributed by atoms with van der Waals surface area (Å²) >= 11 is 0. The summed E-state index contributed by atoms with van der Waals surface area (Å²) in [5.74, 6) is 2.88. The fourth-order valence-electron chi connectivity index (χ4n) is 4.35. The van der Waals surface area contributed by atoms with Crippen molar-refractivity contribution in [2.24, 2.45) is 5.10 Å². The maximum absolute atomic E-state index is 10.4. The number of ether oxygens (including phenoxy) is 4. The Balaban J connectivity index is 1.66. The SMILES string of the molecule is COc1ccc(C2Oc3c(OC)cccc3C3CC(c4ccccc4O)=NN32)c(OC)c1. The Morgan fingerprint density at radius 3 is 2.47 bits per heavy atom. The van der Waals surface area contributed by atoms with E-state index in [-0.39, 0.29) is 11.8 Å². The average molecular weight is 432 g/mol. The molecule has 3 aromatic carbocycles. The molecule has 32 heavy (non-hydrogen) atoms. The molecule has 0 amide bonds. The maximum atomic E-state index is 10.4. The van der Waals surface area contributed by atoms with E-state index in [9.17, 15) is 5.11 Å². The number of hydrogen-bond donors (Lipinski definition) is 1. The number of hydrazone groups is 1. The van der Waals surface area contributed by atoms with E-state index in [2.05, 4.69) is 0 Å². The zero-order valence-electron chi connectivity index (χ0n) is 18.1. The van der Waals surface area contributed by atoms with Crippen LogP contribution in [-0.4, -0.2) is 37.2 Å². The molecule has 1 N–H and O–H groups in total. The second-order valence-corrected chi connectivity index (χ2v) is 7.62. The van der Waals surface area contributed by atoms with Crippen molar-refractivity contribution in [3.05, 3.63) is 77.4 Å². The third-order valence-electron chi connectivity index (χ3n) is 5.92. The van der Waals surface area contributed by atoms with Crippen molar-refractivity contribution in [1.82, 2.24) is 5.01 Å². The molecular formula is C25H24N2O5. The van der Waals surface area contributed by atoms with E-state index in [0.29, 0.717) is 35.0 Å². The van der Waals surface area contributed by atoms with Gasteiger partial charge < -0.3 is 24.1 Å². The van der Waals surface area contributed by atoms with Crippen molar-refractivity contribution in [3.63, 3.8) is 0 Å². The zero-order valence-corrected chi connectivity index (χ0v) is 18.1. The predicted octanol–water partition coefficient (Wildman–Crippen LogP) is 4.66. The number of fused-ring (bicyclic) bond motifs is 3. The summed E-state index contributed by atoms with van der Waals surface area (Å²) in [6, 6.07) is 18.7. The molecule has 0 aromatic heterocycles. The van der Waals surface area contributed by atoms with Crippen LogP contribution >= 0.6 is 0 Å². The van der Waals surface area contributed by atoms with Crippen LogP contribution in [0.4, 0.5) is 0 Å². The van der Waals surface area contributed by atoms with Crippen LogP contribution in [0.25, 0.3) is 0 Å². The quantitative estimate of drug-likeness (QED) is 0.632. The summed E-state index contributed by atoms with van der Waals surface area (Å²) in [5.41, 5.74) is 3.32. The first-order valence-corrected chi connectivity index (χ1v) is 10.3. The molecule has 164 valence electrons. The zero-order chi connectivity index (χ0) is 22.2. The van der Waals surface area contributed by atoms with Crippen LogP contribution in [0.1, 0.15) is 35.4 Å². The van der Waals surface area contributed by atoms with E-state index < -0.39 is 6.23 Å². The van der Waals surface area contributed by atoms with Crippen LogP contribution in [0.5, 0.6) is 28.7 Å². The summed E-state index contributed by atoms with van der Waals surface area (Å²) in [5, 5.41) is 17.3. The minimum Gasteiger partial charge on any atom is -0.507 e. The van der Waals surface area contributed by atoms with Crippen LogP contribution in [0.3, 0.4) is 0 Å². The molecule has 0 aliphatic carbocycles. The third kappa shape index (κ3) is 3.17. The van der Waals surface area contributed by atoms with Crippen molar-refractivity contribution in [2.75, 3.05) is 21.3 Å². The lowest BCUT2D eigenvalue weighted by Crippen LogP contribution is -2.34. The largest absolute Gasteiger partial charge is 0.507 e. The van der Waals surface area contributed by atoms with Crippen molar-refractivity contribution in [1.29, 1.82) is 0 Å².